The predicted molar refractivity (Wildman–Crippen MR) is 62.5 cm³/mol. The van der Waals surface area contributed by atoms with E-state index in [-0.39, 0.29) is 6.61 Å². The van der Waals surface area contributed by atoms with Gasteiger partial charge in [0.2, 0.25) is 0 Å². The zero-order valence-electron chi connectivity index (χ0n) is 9.04. The molecule has 16 heavy (non-hydrogen) atoms. The zero-order valence-corrected chi connectivity index (χ0v) is 10.7. The maximum absolute atomic E-state index is 9.04. The van der Waals surface area contributed by atoms with Crippen LogP contribution in [0.25, 0.3) is 0 Å². The lowest BCUT2D eigenvalue weighted by Gasteiger charge is -2.00. The van der Waals surface area contributed by atoms with E-state index in [1.165, 1.54) is 23.3 Å². The Labute approximate surface area is 102 Å². The van der Waals surface area contributed by atoms with Crippen molar-refractivity contribution in [2.24, 2.45) is 7.05 Å². The first-order chi connectivity index (χ1) is 7.74. The molecule has 0 saturated heterocycles. The molecule has 0 spiro atoms. The zero-order chi connectivity index (χ0) is 11.5. The highest BCUT2D eigenvalue weighted by Crippen LogP contribution is 2.28. The summed E-state index contributed by atoms with van der Waals surface area (Å²) < 4.78 is 6.95. The summed E-state index contributed by atoms with van der Waals surface area (Å²) in [7, 11) is 1.88. The number of nitrogens with zero attached hydrogens (tertiary/aromatic N) is 4. The molecule has 0 aromatic carbocycles. The second-order valence-corrected chi connectivity index (χ2v) is 5.15. The van der Waals surface area contributed by atoms with Crippen LogP contribution in [-0.4, -0.2) is 24.0 Å². The Morgan fingerprint density at radius 2 is 2.38 bits per heavy atom. The fourth-order valence-electron chi connectivity index (χ4n) is 1.17. The second-order valence-electron chi connectivity index (χ2n) is 3.18. The van der Waals surface area contributed by atoms with Gasteiger partial charge in [0.15, 0.2) is 9.50 Å². The maximum Gasteiger partial charge on any atom is 0.177 e. The fraction of sp³-hybridized carbons (Fsp3) is 0.444. The highest BCUT2D eigenvalue weighted by molar-refractivity contribution is 8.00. The van der Waals surface area contributed by atoms with Crippen molar-refractivity contribution >= 4 is 23.3 Å². The number of imidazole rings is 1. The summed E-state index contributed by atoms with van der Waals surface area (Å²) in [6.45, 7) is 2.03. The normalized spacial score (nSPS) is 10.9. The van der Waals surface area contributed by atoms with Gasteiger partial charge < -0.3 is 9.67 Å². The number of rotatable bonds is 4. The van der Waals surface area contributed by atoms with Crippen LogP contribution in [0.3, 0.4) is 0 Å². The van der Waals surface area contributed by atoms with Crippen LogP contribution in [0.4, 0.5) is 0 Å². The number of hydrogen-bond acceptors (Lipinski definition) is 6. The quantitative estimate of drug-likeness (QED) is 0.897. The molecule has 2 aromatic heterocycles. The van der Waals surface area contributed by atoms with Crippen LogP contribution in [0.2, 0.25) is 0 Å². The van der Waals surface area contributed by atoms with Crippen molar-refractivity contribution in [3.8, 4) is 0 Å². The monoisotopic (exact) mass is 256 g/mol. The summed E-state index contributed by atoms with van der Waals surface area (Å²) in [4.78, 5) is 8.58. The highest BCUT2D eigenvalue weighted by atomic mass is 32.2. The molecular formula is C9H12N4OS2. The molecule has 5 nitrogen and oxygen atoms in total. The van der Waals surface area contributed by atoms with Gasteiger partial charge >= 0.3 is 0 Å². The number of aliphatic hydroxyl groups excluding tert-OH is 1. The Balaban J connectivity index is 2.17. The van der Waals surface area contributed by atoms with Gasteiger partial charge in [-0.3, -0.25) is 0 Å². The molecule has 0 aliphatic heterocycles. The van der Waals surface area contributed by atoms with E-state index in [9.17, 15) is 0 Å². The van der Waals surface area contributed by atoms with E-state index in [4.69, 9.17) is 5.11 Å². The number of aliphatic hydroxyl groups is 1. The van der Waals surface area contributed by atoms with Crippen molar-refractivity contribution in [1.29, 1.82) is 0 Å². The summed E-state index contributed by atoms with van der Waals surface area (Å²) in [6.07, 6.45) is 2.52. The molecule has 7 heteroatoms. The summed E-state index contributed by atoms with van der Waals surface area (Å²) >= 11 is 2.85. The Hall–Kier alpha value is -0.920. The van der Waals surface area contributed by atoms with Gasteiger partial charge in [0.05, 0.1) is 18.5 Å². The molecule has 0 radical (unpaired) electrons. The number of aromatic nitrogens is 4. The highest BCUT2D eigenvalue weighted by Gasteiger charge is 2.10. The van der Waals surface area contributed by atoms with E-state index in [0.29, 0.717) is 0 Å². The second kappa shape index (κ2) is 4.94. The molecule has 0 bridgehead atoms. The molecule has 2 heterocycles. The average molecular weight is 256 g/mol. The van der Waals surface area contributed by atoms with Crippen molar-refractivity contribution in [2.45, 2.75) is 29.4 Å². The summed E-state index contributed by atoms with van der Waals surface area (Å²) in [6, 6.07) is 0. The van der Waals surface area contributed by atoms with Gasteiger partial charge in [0.25, 0.3) is 0 Å². The van der Waals surface area contributed by atoms with Crippen molar-refractivity contribution < 1.29 is 5.11 Å². The van der Waals surface area contributed by atoms with Crippen molar-refractivity contribution in [3.63, 3.8) is 0 Å². The standard InChI is InChI=1S/C9H12N4OS2/c1-3-7-11-9(16-12-7)15-8-10-4-6(5-14)13(8)2/h4,14H,3,5H2,1-2H3. The minimum Gasteiger partial charge on any atom is -0.390 e. The van der Waals surface area contributed by atoms with Crippen LogP contribution >= 0.6 is 23.3 Å². The molecule has 0 aliphatic carbocycles. The van der Waals surface area contributed by atoms with Gasteiger partial charge in [-0.15, -0.1) is 0 Å². The first kappa shape index (κ1) is 11.6. The van der Waals surface area contributed by atoms with E-state index in [1.807, 2.05) is 18.5 Å². The van der Waals surface area contributed by atoms with E-state index in [2.05, 4.69) is 14.3 Å². The summed E-state index contributed by atoms with van der Waals surface area (Å²) in [5.41, 5.74) is 0.794. The third-order valence-corrected chi connectivity index (χ3v) is 4.00. The lowest BCUT2D eigenvalue weighted by Crippen LogP contribution is -1.96. The topological polar surface area (TPSA) is 63.8 Å². The molecule has 2 aromatic rings. The fourth-order valence-corrected chi connectivity index (χ4v) is 2.82. The van der Waals surface area contributed by atoms with Crippen LogP contribution in [-0.2, 0) is 20.1 Å². The van der Waals surface area contributed by atoms with Crippen molar-refractivity contribution in [2.75, 3.05) is 0 Å². The van der Waals surface area contributed by atoms with E-state index in [0.717, 1.165) is 27.4 Å². The maximum atomic E-state index is 9.04. The van der Waals surface area contributed by atoms with Gasteiger partial charge in [-0.25, -0.2) is 9.97 Å². The molecule has 86 valence electrons. The molecule has 0 unspecified atom stereocenters. The Kier molecular flexibility index (Phi) is 3.57. The SMILES string of the molecule is CCc1nsc(Sc2ncc(CO)n2C)n1. The Morgan fingerprint density at radius 3 is 2.94 bits per heavy atom. The van der Waals surface area contributed by atoms with Crippen molar-refractivity contribution in [1.82, 2.24) is 18.9 Å². The lowest BCUT2D eigenvalue weighted by molar-refractivity contribution is 0.271. The van der Waals surface area contributed by atoms with Gasteiger partial charge in [0, 0.05) is 13.5 Å². The molecular weight excluding hydrogens is 244 g/mol. The average Bonchev–Trinajstić information content (AvgIpc) is 2.88. The molecule has 2 rings (SSSR count). The third-order valence-electron chi connectivity index (χ3n) is 2.15. The molecule has 0 fully saturated rings. The van der Waals surface area contributed by atoms with Gasteiger partial charge in [-0.05, 0) is 23.3 Å². The van der Waals surface area contributed by atoms with Crippen LogP contribution in [0.1, 0.15) is 18.4 Å². The van der Waals surface area contributed by atoms with Gasteiger partial charge in [-0.1, -0.05) is 6.92 Å². The predicted octanol–water partition coefficient (Wildman–Crippen LogP) is 1.48. The van der Waals surface area contributed by atoms with Crippen LogP contribution < -0.4 is 0 Å². The Bertz CT molecular complexity index is 480. The van der Waals surface area contributed by atoms with Crippen LogP contribution in [0, 0.1) is 0 Å². The van der Waals surface area contributed by atoms with Crippen LogP contribution in [0.5, 0.6) is 0 Å². The first-order valence-electron chi connectivity index (χ1n) is 4.86. The van der Waals surface area contributed by atoms with Gasteiger partial charge in [-0.2, -0.15) is 4.37 Å². The molecule has 1 N–H and O–H groups in total. The largest absolute Gasteiger partial charge is 0.390 e. The molecule has 0 aliphatic rings. The molecule has 0 amide bonds. The minimum absolute atomic E-state index is 0.000386. The summed E-state index contributed by atoms with van der Waals surface area (Å²) in [5, 5.41) is 9.87. The van der Waals surface area contributed by atoms with Crippen LogP contribution in [0.15, 0.2) is 15.7 Å². The van der Waals surface area contributed by atoms with E-state index < -0.39 is 0 Å². The third kappa shape index (κ3) is 2.26. The number of aryl methyl sites for hydroxylation is 1. The smallest absolute Gasteiger partial charge is 0.177 e. The number of hydrogen-bond donors (Lipinski definition) is 1. The van der Waals surface area contributed by atoms with E-state index in [1.54, 1.807) is 6.20 Å². The summed E-state index contributed by atoms with van der Waals surface area (Å²) in [5.74, 6) is 0.865. The first-order valence-corrected chi connectivity index (χ1v) is 6.45. The Morgan fingerprint density at radius 1 is 1.56 bits per heavy atom. The van der Waals surface area contributed by atoms with Gasteiger partial charge in [0.1, 0.15) is 5.82 Å². The van der Waals surface area contributed by atoms with E-state index >= 15 is 0 Å². The molecule has 0 atom stereocenters. The van der Waals surface area contributed by atoms with Crippen molar-refractivity contribution in [3.05, 3.63) is 17.7 Å². The molecule has 0 saturated carbocycles. The minimum atomic E-state index is 0.000386. The lowest BCUT2D eigenvalue weighted by atomic mass is 10.5.